The first-order valence-corrected chi connectivity index (χ1v) is 11.4. The van der Waals surface area contributed by atoms with E-state index in [0.717, 1.165) is 71.5 Å². The molecule has 2 heterocycles. The van der Waals surface area contributed by atoms with Crippen LogP contribution in [0.5, 0.6) is 0 Å². The minimum absolute atomic E-state index is 0.122. The van der Waals surface area contributed by atoms with Gasteiger partial charge in [0.25, 0.3) is 0 Å². The van der Waals surface area contributed by atoms with Crippen LogP contribution in [0.25, 0.3) is 15.6 Å². The van der Waals surface area contributed by atoms with Crippen molar-refractivity contribution in [2.24, 2.45) is 5.41 Å². The Labute approximate surface area is 193 Å². The predicted molar refractivity (Wildman–Crippen MR) is 128 cm³/mol. The van der Waals surface area contributed by atoms with Crippen LogP contribution in [0.3, 0.4) is 0 Å². The highest BCUT2D eigenvalue weighted by Crippen LogP contribution is 2.49. The average Bonchev–Trinajstić information content (AvgIpc) is 2.79. The Balaban J connectivity index is 1.42. The predicted octanol–water partition coefficient (Wildman–Crippen LogP) is 5.50. The molecule has 7 heteroatoms. The Morgan fingerprint density at radius 3 is 2.62 bits per heavy atom. The van der Waals surface area contributed by atoms with Gasteiger partial charge < -0.3 is 15.3 Å². The third kappa shape index (κ3) is 3.87. The fourth-order valence-electron chi connectivity index (χ4n) is 5.04. The van der Waals surface area contributed by atoms with Gasteiger partial charge in [-0.1, -0.05) is 35.9 Å². The maximum atomic E-state index is 9.76. The van der Waals surface area contributed by atoms with Crippen LogP contribution < -0.4 is 10.2 Å². The van der Waals surface area contributed by atoms with Crippen molar-refractivity contribution < 1.29 is 5.11 Å². The van der Waals surface area contributed by atoms with Crippen molar-refractivity contribution in [3.63, 3.8) is 0 Å². The van der Waals surface area contributed by atoms with E-state index >= 15 is 0 Å². The highest BCUT2D eigenvalue weighted by Gasteiger charge is 2.45. The summed E-state index contributed by atoms with van der Waals surface area (Å²) in [5.74, 6) is 1.54. The number of rotatable bonds is 4. The summed E-state index contributed by atoms with van der Waals surface area (Å²) in [4.78, 5) is 5.91. The second-order valence-electron chi connectivity index (χ2n) is 9.20. The van der Waals surface area contributed by atoms with E-state index in [1.54, 1.807) is 0 Å². The highest BCUT2D eigenvalue weighted by atomic mass is 35.5. The van der Waals surface area contributed by atoms with E-state index in [1.807, 2.05) is 43.3 Å². The van der Waals surface area contributed by atoms with E-state index in [9.17, 15) is 5.11 Å². The number of aryl methyl sites for hydroxylation is 1. The van der Waals surface area contributed by atoms with Gasteiger partial charge in [0.15, 0.2) is 17.3 Å². The number of piperidine rings is 1. The molecule has 5 rings (SSSR count). The number of hydrogen-bond acceptors (Lipinski definition) is 5. The number of hydrogen-bond donors (Lipinski definition) is 2. The first-order valence-electron chi connectivity index (χ1n) is 11.1. The first-order chi connectivity index (χ1) is 15.5. The summed E-state index contributed by atoms with van der Waals surface area (Å²) >= 11 is 6.27. The van der Waals surface area contributed by atoms with Crippen molar-refractivity contribution in [1.29, 1.82) is 0 Å². The molecule has 1 aromatic heterocycles. The monoisotopic (exact) mass is 447 g/mol. The summed E-state index contributed by atoms with van der Waals surface area (Å²) in [5.41, 5.74) is 3.00. The van der Waals surface area contributed by atoms with Crippen LogP contribution >= 0.6 is 11.6 Å². The molecule has 1 saturated heterocycles. The van der Waals surface area contributed by atoms with Gasteiger partial charge in [0, 0.05) is 35.4 Å². The number of aromatic nitrogens is 2. The summed E-state index contributed by atoms with van der Waals surface area (Å²) in [6.45, 7) is 11.8. The Morgan fingerprint density at radius 1 is 1.16 bits per heavy atom. The lowest BCUT2D eigenvalue weighted by Crippen LogP contribution is -2.49. The molecule has 0 amide bonds. The van der Waals surface area contributed by atoms with Crippen LogP contribution in [0.1, 0.15) is 36.8 Å². The third-order valence-corrected chi connectivity index (χ3v) is 7.44. The number of nitrogens with one attached hydrogen (secondary N) is 1. The van der Waals surface area contributed by atoms with Crippen LogP contribution in [-0.4, -0.2) is 34.5 Å². The molecule has 0 unspecified atom stereocenters. The summed E-state index contributed by atoms with van der Waals surface area (Å²) in [5, 5.41) is 24.9. The zero-order valence-corrected chi connectivity index (χ0v) is 18.9. The third-order valence-electron chi connectivity index (χ3n) is 7.03. The molecule has 6 nitrogen and oxygen atoms in total. The fourth-order valence-corrected chi connectivity index (χ4v) is 5.24. The Hall–Kier alpha value is -2.88. The topological polar surface area (TPSA) is 65.6 Å². The Morgan fingerprint density at radius 2 is 1.94 bits per heavy atom. The number of fused-ring (bicyclic) bond motifs is 1. The smallest absolute Gasteiger partial charge is 0.188 e. The summed E-state index contributed by atoms with van der Waals surface area (Å²) in [7, 11) is 0. The SMILES string of the molecule is [C-]#[N+]c1ccc2c(N3CCC4(CC3)CC(O)C4)nnc(NCc3ccc(C)c(Cl)c3)c2c1. The largest absolute Gasteiger partial charge is 0.393 e. The van der Waals surface area contributed by atoms with Crippen molar-refractivity contribution in [2.75, 3.05) is 23.3 Å². The number of aliphatic hydroxyl groups excluding tert-OH is 1. The molecule has 32 heavy (non-hydrogen) atoms. The highest BCUT2D eigenvalue weighted by molar-refractivity contribution is 6.31. The van der Waals surface area contributed by atoms with Gasteiger partial charge in [-0.25, -0.2) is 4.85 Å². The molecule has 2 N–H and O–H groups in total. The van der Waals surface area contributed by atoms with E-state index in [1.165, 1.54) is 0 Å². The van der Waals surface area contributed by atoms with Crippen molar-refractivity contribution in [2.45, 2.75) is 45.3 Å². The Bertz CT molecular complexity index is 1200. The maximum absolute atomic E-state index is 9.76. The number of halogens is 1. The lowest BCUT2D eigenvalue weighted by atomic mass is 9.61. The van der Waals surface area contributed by atoms with Gasteiger partial charge in [0.1, 0.15) is 0 Å². The molecule has 0 atom stereocenters. The van der Waals surface area contributed by atoms with Crippen molar-refractivity contribution in [3.05, 3.63) is 64.0 Å². The van der Waals surface area contributed by atoms with Crippen LogP contribution in [0, 0.1) is 18.9 Å². The lowest BCUT2D eigenvalue weighted by Gasteiger charge is -2.50. The minimum Gasteiger partial charge on any atom is -0.393 e. The molecule has 1 saturated carbocycles. The van der Waals surface area contributed by atoms with Gasteiger partial charge in [-0.2, -0.15) is 0 Å². The van der Waals surface area contributed by atoms with E-state index in [-0.39, 0.29) is 6.10 Å². The first kappa shape index (κ1) is 21.0. The van der Waals surface area contributed by atoms with E-state index in [0.29, 0.717) is 23.5 Å². The molecule has 0 radical (unpaired) electrons. The summed E-state index contributed by atoms with van der Waals surface area (Å²) < 4.78 is 0. The minimum atomic E-state index is -0.122. The second kappa shape index (κ2) is 8.23. The normalized spacial score (nSPS) is 17.9. The fraction of sp³-hybridized carbons (Fsp3) is 0.400. The van der Waals surface area contributed by atoms with Gasteiger partial charge in [-0.15, -0.1) is 10.2 Å². The zero-order valence-electron chi connectivity index (χ0n) is 18.1. The Kier molecular flexibility index (Phi) is 5.40. The van der Waals surface area contributed by atoms with E-state index < -0.39 is 0 Å². The number of nitrogens with zero attached hydrogens (tertiary/aromatic N) is 4. The van der Waals surface area contributed by atoms with Crippen LogP contribution in [0.2, 0.25) is 5.02 Å². The van der Waals surface area contributed by atoms with Crippen molar-refractivity contribution in [3.8, 4) is 0 Å². The molecule has 1 spiro atoms. The quantitative estimate of drug-likeness (QED) is 0.517. The number of aliphatic hydroxyl groups is 1. The van der Waals surface area contributed by atoms with Crippen molar-refractivity contribution in [1.82, 2.24) is 10.2 Å². The summed E-state index contributed by atoms with van der Waals surface area (Å²) in [6.07, 6.45) is 3.87. The molecule has 1 aliphatic heterocycles. The van der Waals surface area contributed by atoms with Gasteiger partial charge >= 0.3 is 0 Å². The van der Waals surface area contributed by atoms with Crippen LogP contribution in [0.4, 0.5) is 17.3 Å². The van der Waals surface area contributed by atoms with Gasteiger partial charge in [-0.05, 0) is 61.3 Å². The summed E-state index contributed by atoms with van der Waals surface area (Å²) in [6, 6.07) is 11.7. The van der Waals surface area contributed by atoms with E-state index in [4.69, 9.17) is 18.2 Å². The lowest BCUT2D eigenvalue weighted by molar-refractivity contribution is -0.0464. The maximum Gasteiger partial charge on any atom is 0.188 e. The van der Waals surface area contributed by atoms with E-state index in [2.05, 4.69) is 25.3 Å². The van der Waals surface area contributed by atoms with Crippen LogP contribution in [-0.2, 0) is 6.54 Å². The number of anilines is 2. The standard InChI is InChI=1S/C25H26ClN5O/c1-16-3-4-17(11-22(16)26)15-28-23-21-12-18(27-2)5-6-20(21)24(30-29-23)31-9-7-25(8-10-31)13-19(32)14-25/h3-6,11-12,19,32H,7-10,13-15H2,1H3,(H,28,29). The molecule has 3 aromatic rings. The molecule has 1 aliphatic carbocycles. The molecule has 2 aliphatic rings. The second-order valence-corrected chi connectivity index (χ2v) is 9.61. The molecular formula is C25H26ClN5O. The molecule has 0 bridgehead atoms. The average molecular weight is 448 g/mol. The van der Waals surface area contributed by atoms with Gasteiger partial charge in [-0.3, -0.25) is 0 Å². The zero-order chi connectivity index (χ0) is 22.3. The van der Waals surface area contributed by atoms with Crippen LogP contribution in [0.15, 0.2) is 36.4 Å². The molecule has 2 aromatic carbocycles. The van der Waals surface area contributed by atoms with Crippen molar-refractivity contribution >= 4 is 39.7 Å². The molecular weight excluding hydrogens is 422 g/mol. The van der Waals surface area contributed by atoms with Gasteiger partial charge in [0.2, 0.25) is 0 Å². The molecule has 2 fully saturated rings. The molecule has 164 valence electrons. The van der Waals surface area contributed by atoms with Gasteiger partial charge in [0.05, 0.1) is 12.7 Å². The number of benzene rings is 2.